The van der Waals surface area contributed by atoms with Gasteiger partial charge in [-0.25, -0.2) is 4.57 Å². The van der Waals surface area contributed by atoms with Gasteiger partial charge in [-0.05, 0) is 51.4 Å². The van der Waals surface area contributed by atoms with E-state index in [9.17, 15) is 74.6 Å². The monoisotopic (exact) mass is 1640 g/mol. The average Bonchev–Trinajstić information content (AvgIpc) is 0.754. The van der Waals surface area contributed by atoms with Crippen molar-refractivity contribution in [2.24, 2.45) is 0 Å². The molecule has 0 spiro atoms. The molecule has 0 aromatic carbocycles. The van der Waals surface area contributed by atoms with Crippen LogP contribution < -0.4 is 0 Å². The maximum atomic E-state index is 14.9. The molecule has 2 aliphatic heterocycles. The third kappa shape index (κ3) is 47.7. The van der Waals surface area contributed by atoms with Crippen molar-refractivity contribution in [3.63, 3.8) is 0 Å². The zero-order chi connectivity index (χ0) is 82.5. The molecular weight excluding hydrogens is 1480 g/mol. The fourth-order valence-electron chi connectivity index (χ4n) is 15.0. The molecule has 0 aromatic heterocycles. The molecule has 2 heterocycles. The Morgan fingerprint density at radius 3 is 1.06 bits per heavy atom. The predicted molar refractivity (Wildman–Crippen MR) is 435 cm³/mol. The second kappa shape index (κ2) is 66.9. The van der Waals surface area contributed by atoms with Crippen molar-refractivity contribution in [1.29, 1.82) is 0 Å². The number of rotatable bonds is 73. The van der Waals surface area contributed by atoms with Gasteiger partial charge in [0.25, 0.3) is 0 Å². The molecular formula is C87H161O25P. The van der Waals surface area contributed by atoms with Crippen LogP contribution >= 0.6 is 7.82 Å². The lowest BCUT2D eigenvalue weighted by atomic mass is 9.84. The normalized spacial score (nSPS) is 25.5. The van der Waals surface area contributed by atoms with Gasteiger partial charge in [0.05, 0.1) is 13.2 Å². The molecule has 2 saturated heterocycles. The molecule has 0 amide bonds. The van der Waals surface area contributed by atoms with Gasteiger partial charge in [-0.1, -0.05) is 322 Å². The highest BCUT2D eigenvalue weighted by Gasteiger charge is 2.60. The van der Waals surface area contributed by atoms with Crippen LogP contribution in [-0.4, -0.2) is 205 Å². The number of phosphoric acid groups is 1. The fourth-order valence-corrected chi connectivity index (χ4v) is 16.0. The third-order valence-corrected chi connectivity index (χ3v) is 23.3. The van der Waals surface area contributed by atoms with Crippen LogP contribution in [0.4, 0.5) is 0 Å². The van der Waals surface area contributed by atoms with E-state index < -0.39 is 162 Å². The Hall–Kier alpha value is -2.79. The van der Waals surface area contributed by atoms with E-state index in [0.29, 0.717) is 38.5 Å². The number of esters is 4. The minimum Gasteiger partial charge on any atom is -0.463 e. The van der Waals surface area contributed by atoms with Crippen LogP contribution in [0.3, 0.4) is 0 Å². The van der Waals surface area contributed by atoms with Crippen LogP contribution in [0.2, 0.25) is 0 Å². The van der Waals surface area contributed by atoms with Crippen LogP contribution in [-0.2, 0) is 70.7 Å². The SMILES string of the molecule is CCCCCCCC/C=C\CCCCCC(=O)OC(COC(=O)CCCCCCCCCCCCCCC)COP(=O)(O)OC1C(OC2OC(CO)C(O)C(O)C2O)C(O)C(O)C(OC(=O)CCCCCCCCCCCCCCC)C1OC1OC(COC(=O)CCCCCCCCCCCCCCCCC)C(O)C(O)C1O. The van der Waals surface area contributed by atoms with Gasteiger partial charge in [0.1, 0.15) is 92.6 Å². The van der Waals surface area contributed by atoms with Crippen LogP contribution in [0.25, 0.3) is 0 Å². The summed E-state index contributed by atoms with van der Waals surface area (Å²) < 4.78 is 73.2. The van der Waals surface area contributed by atoms with Crippen molar-refractivity contribution in [3.8, 4) is 0 Å². The Bertz CT molecular complexity index is 2410. The molecule has 25 nitrogen and oxygen atoms in total. The van der Waals surface area contributed by atoms with Crippen molar-refractivity contribution >= 4 is 31.7 Å². The number of phosphoric ester groups is 1. The summed E-state index contributed by atoms with van der Waals surface area (Å²) in [5.41, 5.74) is 0. The summed E-state index contributed by atoms with van der Waals surface area (Å²) in [6, 6.07) is 0. The van der Waals surface area contributed by atoms with Crippen molar-refractivity contribution < 1.29 is 122 Å². The second-order valence-electron chi connectivity index (χ2n) is 32.5. The predicted octanol–water partition coefficient (Wildman–Crippen LogP) is 16.0. The Labute approximate surface area is 680 Å². The zero-order valence-electron chi connectivity index (χ0n) is 70.4. The number of carbonyl (C=O) groups excluding carboxylic acids is 4. The molecule has 0 bridgehead atoms. The number of hydrogen-bond acceptors (Lipinski definition) is 24. The van der Waals surface area contributed by atoms with Gasteiger partial charge in [0.15, 0.2) is 24.8 Å². The molecule has 18 atom stereocenters. The summed E-state index contributed by atoms with van der Waals surface area (Å²) in [4.78, 5) is 66.3. The van der Waals surface area contributed by atoms with E-state index >= 15 is 0 Å². The topological polar surface area (TPSA) is 380 Å². The first-order valence-corrected chi connectivity index (χ1v) is 46.9. The summed E-state index contributed by atoms with van der Waals surface area (Å²) in [5, 5.41) is 102. The second-order valence-corrected chi connectivity index (χ2v) is 33.9. The molecule has 1 saturated carbocycles. The molecule has 0 radical (unpaired) electrons. The summed E-state index contributed by atoms with van der Waals surface area (Å²) >= 11 is 0. The number of ether oxygens (including phenoxy) is 8. The molecule has 18 unspecified atom stereocenters. The standard InChI is InChI=1S/C87H161O25P/c1-5-9-13-17-21-25-29-33-34-38-40-44-48-52-56-60-71(90)104-66-69-75(94)77(96)81(100)87(108-69)111-84-82(109-73(92)62-58-54-50-46-42-37-32-28-24-20-16-12-8-4)78(97)79(98)83(110-86-80(99)76(95)74(93)68(63-88)107-86)85(84)112-113(101,102)105-65-67(106-72(91)61-57-53-49-45-41-36-31-27-23-19-15-11-7-3)64-103-70(89)59-55-51-47-43-39-35-30-26-22-18-14-10-6-2/h36,41,67-69,74-88,93-100H,5-35,37-40,42-66H2,1-4H3,(H,101,102)/b41-36-. The molecule has 26 heteroatoms. The number of carbonyl (C=O) groups is 4. The molecule has 113 heavy (non-hydrogen) atoms. The third-order valence-electron chi connectivity index (χ3n) is 22.3. The van der Waals surface area contributed by atoms with E-state index in [0.717, 1.165) is 122 Å². The lowest BCUT2D eigenvalue weighted by molar-refractivity contribution is -0.360. The van der Waals surface area contributed by atoms with Gasteiger partial charge < -0.3 is 88.7 Å². The van der Waals surface area contributed by atoms with Gasteiger partial charge in [-0.2, -0.15) is 0 Å². The minimum atomic E-state index is -5.80. The van der Waals surface area contributed by atoms with Gasteiger partial charge >= 0.3 is 31.7 Å². The van der Waals surface area contributed by atoms with Crippen molar-refractivity contribution in [3.05, 3.63) is 12.2 Å². The lowest BCUT2D eigenvalue weighted by Crippen LogP contribution is -2.70. The molecule has 3 aliphatic rings. The minimum absolute atomic E-state index is 0.0184. The zero-order valence-corrected chi connectivity index (χ0v) is 71.3. The van der Waals surface area contributed by atoms with Gasteiger partial charge in [-0.3, -0.25) is 28.2 Å². The summed E-state index contributed by atoms with van der Waals surface area (Å²) in [5.74, 6) is -2.97. The average molecular weight is 1640 g/mol. The first-order chi connectivity index (χ1) is 54.7. The summed E-state index contributed by atoms with van der Waals surface area (Å²) in [6.07, 6.45) is 23.8. The maximum absolute atomic E-state index is 14.9. The lowest BCUT2D eigenvalue weighted by Gasteiger charge is -2.50. The summed E-state index contributed by atoms with van der Waals surface area (Å²) in [6.45, 7) is 5.56. The largest absolute Gasteiger partial charge is 0.472 e. The molecule has 664 valence electrons. The van der Waals surface area contributed by atoms with E-state index in [2.05, 4.69) is 39.8 Å². The number of aliphatic hydroxyl groups is 9. The van der Waals surface area contributed by atoms with Crippen LogP contribution in [0.5, 0.6) is 0 Å². The van der Waals surface area contributed by atoms with E-state index in [1.165, 1.54) is 173 Å². The van der Waals surface area contributed by atoms with Crippen LogP contribution in [0.1, 0.15) is 387 Å². The highest BCUT2D eigenvalue weighted by Crippen LogP contribution is 2.49. The number of allylic oxidation sites excluding steroid dienone is 2. The van der Waals surface area contributed by atoms with E-state index in [1.807, 2.05) is 0 Å². The molecule has 3 rings (SSSR count). The number of aliphatic hydroxyl groups excluding tert-OH is 9. The first-order valence-electron chi connectivity index (χ1n) is 45.4. The van der Waals surface area contributed by atoms with Gasteiger partial charge in [0, 0.05) is 25.7 Å². The summed E-state index contributed by atoms with van der Waals surface area (Å²) in [7, 11) is -5.80. The van der Waals surface area contributed by atoms with E-state index in [1.54, 1.807) is 0 Å². The quantitative estimate of drug-likeness (QED) is 0.00889. The van der Waals surface area contributed by atoms with Crippen molar-refractivity contribution in [2.45, 2.75) is 491 Å². The smallest absolute Gasteiger partial charge is 0.463 e. The van der Waals surface area contributed by atoms with E-state index in [-0.39, 0.29) is 25.7 Å². The molecule has 3 fully saturated rings. The van der Waals surface area contributed by atoms with Crippen molar-refractivity contribution in [2.75, 3.05) is 26.4 Å². The molecule has 10 N–H and O–H groups in total. The fraction of sp³-hybridized carbons (Fsp3) is 0.931. The van der Waals surface area contributed by atoms with Gasteiger partial charge in [0.2, 0.25) is 0 Å². The molecule has 1 aliphatic carbocycles. The number of hydrogen-bond donors (Lipinski definition) is 10. The maximum Gasteiger partial charge on any atom is 0.472 e. The van der Waals surface area contributed by atoms with Gasteiger partial charge in [-0.15, -0.1) is 0 Å². The Kier molecular flexibility index (Phi) is 61.8. The van der Waals surface area contributed by atoms with Crippen LogP contribution in [0, 0.1) is 0 Å². The highest BCUT2D eigenvalue weighted by molar-refractivity contribution is 7.47. The Morgan fingerprint density at radius 1 is 0.345 bits per heavy atom. The number of unbranched alkanes of at least 4 members (excludes halogenated alkanes) is 47. The molecule has 0 aromatic rings. The van der Waals surface area contributed by atoms with Crippen molar-refractivity contribution in [1.82, 2.24) is 0 Å². The Morgan fingerprint density at radius 2 is 0.664 bits per heavy atom. The van der Waals surface area contributed by atoms with E-state index in [4.69, 9.17) is 46.9 Å². The highest BCUT2D eigenvalue weighted by atomic mass is 31.2. The van der Waals surface area contributed by atoms with Crippen LogP contribution in [0.15, 0.2) is 12.2 Å². The Balaban J connectivity index is 1.93. The first kappa shape index (κ1) is 104.